The normalized spacial score (nSPS) is 25.2. The van der Waals surface area contributed by atoms with Crippen LogP contribution < -0.4 is 10.1 Å². The van der Waals surface area contributed by atoms with Gasteiger partial charge in [-0.3, -0.25) is 0 Å². The summed E-state index contributed by atoms with van der Waals surface area (Å²) in [6.45, 7) is 3.86. The minimum Gasteiger partial charge on any atom is -0.490 e. The van der Waals surface area contributed by atoms with Gasteiger partial charge in [0.25, 0.3) is 0 Å². The molecule has 3 rings (SSSR count). The Morgan fingerprint density at radius 3 is 2.72 bits per heavy atom. The highest BCUT2D eigenvalue weighted by Crippen LogP contribution is 2.32. The molecular formula is C15H21NO2. The molecule has 18 heavy (non-hydrogen) atoms. The lowest BCUT2D eigenvalue weighted by molar-refractivity contribution is 0.0251. The van der Waals surface area contributed by atoms with Gasteiger partial charge in [0.15, 0.2) is 0 Å². The second-order valence-electron chi connectivity index (χ2n) is 5.16. The number of hydrogen-bond acceptors (Lipinski definition) is 3. The maximum atomic E-state index is 6.19. The van der Waals surface area contributed by atoms with E-state index in [0.29, 0.717) is 12.0 Å². The molecule has 0 saturated carbocycles. The molecule has 0 spiro atoms. The topological polar surface area (TPSA) is 30.5 Å². The van der Waals surface area contributed by atoms with Gasteiger partial charge >= 0.3 is 0 Å². The molecule has 0 aromatic heterocycles. The predicted molar refractivity (Wildman–Crippen MR) is 71.1 cm³/mol. The van der Waals surface area contributed by atoms with Gasteiger partial charge in [-0.1, -0.05) is 18.2 Å². The van der Waals surface area contributed by atoms with Crippen molar-refractivity contribution in [3.05, 3.63) is 29.8 Å². The van der Waals surface area contributed by atoms with Gasteiger partial charge < -0.3 is 14.8 Å². The third-order valence-electron chi connectivity index (χ3n) is 3.88. The monoisotopic (exact) mass is 247 g/mol. The minimum absolute atomic E-state index is 0.328. The van der Waals surface area contributed by atoms with Crippen LogP contribution in [0.25, 0.3) is 0 Å². The van der Waals surface area contributed by atoms with E-state index >= 15 is 0 Å². The van der Waals surface area contributed by atoms with E-state index in [4.69, 9.17) is 9.47 Å². The summed E-state index contributed by atoms with van der Waals surface area (Å²) in [6.07, 6.45) is 3.57. The van der Waals surface area contributed by atoms with Crippen molar-refractivity contribution in [2.45, 2.75) is 31.3 Å². The molecule has 2 fully saturated rings. The van der Waals surface area contributed by atoms with Gasteiger partial charge in [-0.2, -0.15) is 0 Å². The van der Waals surface area contributed by atoms with Crippen LogP contribution in [0.5, 0.6) is 5.75 Å². The van der Waals surface area contributed by atoms with Gasteiger partial charge in [0, 0.05) is 25.3 Å². The van der Waals surface area contributed by atoms with Crippen LogP contribution in [0.3, 0.4) is 0 Å². The molecule has 0 amide bonds. The Hall–Kier alpha value is -1.06. The maximum absolute atomic E-state index is 6.19. The third kappa shape index (κ3) is 2.68. The van der Waals surface area contributed by atoms with E-state index in [1.54, 1.807) is 0 Å². The van der Waals surface area contributed by atoms with Crippen molar-refractivity contribution in [2.24, 2.45) is 0 Å². The van der Waals surface area contributed by atoms with Crippen molar-refractivity contribution < 1.29 is 9.47 Å². The Morgan fingerprint density at radius 2 is 1.94 bits per heavy atom. The van der Waals surface area contributed by atoms with Crippen LogP contribution in [-0.2, 0) is 4.74 Å². The average molecular weight is 247 g/mol. The largest absolute Gasteiger partial charge is 0.490 e. The van der Waals surface area contributed by atoms with Crippen LogP contribution in [0.15, 0.2) is 24.3 Å². The van der Waals surface area contributed by atoms with Gasteiger partial charge in [0.2, 0.25) is 0 Å². The fraction of sp³-hybridized carbons (Fsp3) is 0.600. The summed E-state index contributed by atoms with van der Waals surface area (Å²) in [5.41, 5.74) is 1.37. The van der Waals surface area contributed by atoms with Gasteiger partial charge in [-0.15, -0.1) is 0 Å². The van der Waals surface area contributed by atoms with Gasteiger partial charge in [0.1, 0.15) is 11.9 Å². The number of nitrogens with one attached hydrogen (secondary N) is 1. The van der Waals surface area contributed by atoms with E-state index < -0.39 is 0 Å². The number of benzene rings is 1. The molecular weight excluding hydrogens is 226 g/mol. The van der Waals surface area contributed by atoms with E-state index in [2.05, 4.69) is 29.6 Å². The molecule has 1 atom stereocenters. The Balaban J connectivity index is 1.73. The minimum atomic E-state index is 0.328. The number of para-hydroxylation sites is 1. The molecule has 2 heterocycles. The number of rotatable bonds is 3. The number of hydrogen-bond donors (Lipinski definition) is 1. The van der Waals surface area contributed by atoms with Crippen molar-refractivity contribution in [2.75, 3.05) is 26.3 Å². The third-order valence-corrected chi connectivity index (χ3v) is 3.88. The first kappa shape index (κ1) is 12.0. The molecule has 2 aliphatic rings. The first-order valence-electron chi connectivity index (χ1n) is 6.97. The Morgan fingerprint density at radius 1 is 1.11 bits per heavy atom. The first-order chi connectivity index (χ1) is 8.93. The lowest BCUT2D eigenvalue weighted by Gasteiger charge is -2.25. The van der Waals surface area contributed by atoms with E-state index in [1.807, 2.05) is 0 Å². The summed E-state index contributed by atoms with van der Waals surface area (Å²) in [4.78, 5) is 0. The lowest BCUT2D eigenvalue weighted by Crippen LogP contribution is -2.26. The highest BCUT2D eigenvalue weighted by Gasteiger charge is 2.22. The first-order valence-corrected chi connectivity index (χ1v) is 6.97. The van der Waals surface area contributed by atoms with Gasteiger partial charge in [0.05, 0.1) is 13.2 Å². The molecule has 1 N–H and O–H groups in total. The van der Waals surface area contributed by atoms with Crippen molar-refractivity contribution >= 4 is 0 Å². The van der Waals surface area contributed by atoms with E-state index in [9.17, 15) is 0 Å². The summed E-state index contributed by atoms with van der Waals surface area (Å²) >= 11 is 0. The fourth-order valence-electron chi connectivity index (χ4n) is 2.82. The Kier molecular flexibility index (Phi) is 3.81. The standard InChI is InChI=1S/C15H21NO2/c1-2-4-15(18-13-6-9-17-10-7-13)14(3-1)12-5-8-16-11-12/h1-4,12-13,16H,5-11H2. The smallest absolute Gasteiger partial charge is 0.123 e. The second kappa shape index (κ2) is 5.72. The zero-order chi connectivity index (χ0) is 12.2. The molecule has 3 nitrogen and oxygen atoms in total. The average Bonchev–Trinajstić information content (AvgIpc) is 2.94. The fourth-order valence-corrected chi connectivity index (χ4v) is 2.82. The zero-order valence-electron chi connectivity index (χ0n) is 10.7. The summed E-state index contributed by atoms with van der Waals surface area (Å²) in [5.74, 6) is 1.69. The van der Waals surface area contributed by atoms with Crippen LogP contribution >= 0.6 is 0 Å². The summed E-state index contributed by atoms with van der Waals surface area (Å²) in [5, 5.41) is 3.43. The summed E-state index contributed by atoms with van der Waals surface area (Å²) < 4.78 is 11.6. The highest BCUT2D eigenvalue weighted by molar-refractivity contribution is 5.37. The Labute approximate surface area is 108 Å². The predicted octanol–water partition coefficient (Wildman–Crippen LogP) is 2.32. The molecule has 0 bridgehead atoms. The van der Waals surface area contributed by atoms with E-state index in [0.717, 1.165) is 44.9 Å². The number of ether oxygens (including phenoxy) is 2. The molecule has 1 unspecified atom stereocenters. The lowest BCUT2D eigenvalue weighted by atomic mass is 9.97. The highest BCUT2D eigenvalue weighted by atomic mass is 16.5. The van der Waals surface area contributed by atoms with Crippen molar-refractivity contribution in [3.63, 3.8) is 0 Å². The molecule has 0 radical (unpaired) electrons. The molecule has 0 aliphatic carbocycles. The summed E-state index contributed by atoms with van der Waals surface area (Å²) in [6, 6.07) is 8.51. The van der Waals surface area contributed by atoms with E-state index in [1.165, 1.54) is 12.0 Å². The summed E-state index contributed by atoms with van der Waals surface area (Å²) in [7, 11) is 0. The van der Waals surface area contributed by atoms with Crippen LogP contribution in [0, 0.1) is 0 Å². The van der Waals surface area contributed by atoms with Crippen LogP contribution in [0.1, 0.15) is 30.7 Å². The van der Waals surface area contributed by atoms with Gasteiger partial charge in [-0.25, -0.2) is 0 Å². The molecule has 1 aromatic rings. The van der Waals surface area contributed by atoms with Crippen LogP contribution in [-0.4, -0.2) is 32.4 Å². The SMILES string of the molecule is c1ccc(C2CCNC2)c(OC2CCOCC2)c1. The maximum Gasteiger partial charge on any atom is 0.123 e. The van der Waals surface area contributed by atoms with Crippen LogP contribution in [0.4, 0.5) is 0 Å². The van der Waals surface area contributed by atoms with Gasteiger partial charge in [-0.05, 0) is 24.6 Å². The zero-order valence-corrected chi connectivity index (χ0v) is 10.7. The molecule has 2 aliphatic heterocycles. The quantitative estimate of drug-likeness (QED) is 0.889. The Bertz CT molecular complexity index is 382. The molecule has 2 saturated heterocycles. The molecule has 1 aromatic carbocycles. The van der Waals surface area contributed by atoms with Crippen molar-refractivity contribution in [3.8, 4) is 5.75 Å². The van der Waals surface area contributed by atoms with Crippen molar-refractivity contribution in [1.82, 2.24) is 5.32 Å². The van der Waals surface area contributed by atoms with E-state index in [-0.39, 0.29) is 0 Å². The van der Waals surface area contributed by atoms with Crippen molar-refractivity contribution in [1.29, 1.82) is 0 Å². The second-order valence-corrected chi connectivity index (χ2v) is 5.16. The molecule has 3 heteroatoms. The van der Waals surface area contributed by atoms with Crippen LogP contribution in [0.2, 0.25) is 0 Å². The molecule has 98 valence electrons.